The van der Waals surface area contributed by atoms with E-state index in [9.17, 15) is 4.79 Å². The van der Waals surface area contributed by atoms with Crippen LogP contribution >= 0.6 is 56.3 Å². The third kappa shape index (κ3) is 5.88. The molecule has 7 nitrogen and oxygen atoms in total. The minimum absolute atomic E-state index is 0. The number of Topliss-reactive ketones (excluding diaryl/α,β-unsaturated/α-hetero) is 1. The summed E-state index contributed by atoms with van der Waals surface area (Å²) in [7, 11) is 4.65. The molecule has 0 atom stereocenters. The van der Waals surface area contributed by atoms with Gasteiger partial charge >= 0.3 is 0 Å². The van der Waals surface area contributed by atoms with Crippen molar-refractivity contribution in [1.29, 1.82) is 0 Å². The summed E-state index contributed by atoms with van der Waals surface area (Å²) in [5.41, 5.74) is 1.98. The van der Waals surface area contributed by atoms with Gasteiger partial charge in [-0.3, -0.25) is 9.36 Å². The maximum absolute atomic E-state index is 12.8. The van der Waals surface area contributed by atoms with Crippen molar-refractivity contribution in [3.63, 3.8) is 0 Å². The molecule has 0 aliphatic carbocycles. The van der Waals surface area contributed by atoms with E-state index in [1.54, 1.807) is 51.7 Å². The van der Waals surface area contributed by atoms with Crippen molar-refractivity contribution in [3.05, 3.63) is 75.7 Å². The number of rotatable bonds is 9. The number of carbonyl (C=O) groups excluding carboxylic acids is 1. The number of aromatic nitrogens is 3. The Hall–Kier alpha value is -2.53. The van der Waals surface area contributed by atoms with Gasteiger partial charge in [0.05, 0.1) is 37.8 Å². The van der Waals surface area contributed by atoms with Crippen LogP contribution in [0.3, 0.4) is 0 Å². The first kappa shape index (κ1) is 28.0. The number of hydrogen-bond donors (Lipinski definition) is 0. The molecule has 0 saturated heterocycles. The second kappa shape index (κ2) is 12.6. The van der Waals surface area contributed by atoms with Crippen LogP contribution in [0.15, 0.2) is 70.3 Å². The molecule has 0 N–H and O–H groups in total. The predicted octanol–water partition coefficient (Wildman–Crippen LogP) is 6.93. The number of benzene rings is 3. The van der Waals surface area contributed by atoms with Gasteiger partial charge in [-0.15, -0.1) is 27.2 Å². The molecule has 0 spiro atoms. The minimum Gasteiger partial charge on any atom is -0.493 e. The fraction of sp³-hybridized carbons (Fsp3) is 0.160. The highest BCUT2D eigenvalue weighted by molar-refractivity contribution is 9.10. The van der Waals surface area contributed by atoms with Gasteiger partial charge in [-0.1, -0.05) is 63.6 Å². The lowest BCUT2D eigenvalue weighted by atomic mass is 10.1. The number of halogens is 3. The molecule has 0 aliphatic heterocycles. The quantitative estimate of drug-likeness (QED) is 0.143. The number of carbonyl (C=O) groups is 1. The third-order valence-corrected chi connectivity index (χ3v) is 6.93. The molecule has 4 aromatic rings. The van der Waals surface area contributed by atoms with Gasteiger partial charge in [-0.25, -0.2) is 0 Å². The monoisotopic (exact) mass is 653 g/mol. The zero-order valence-corrected chi connectivity index (χ0v) is 24.4. The van der Waals surface area contributed by atoms with Gasteiger partial charge in [0.15, 0.2) is 28.3 Å². The number of thioether (sulfide) groups is 1. The number of ether oxygens (including phenoxy) is 3. The van der Waals surface area contributed by atoms with E-state index in [-0.39, 0.29) is 28.5 Å². The lowest BCUT2D eigenvalue weighted by Crippen LogP contribution is -2.05. The van der Waals surface area contributed by atoms with Crippen molar-refractivity contribution in [2.75, 3.05) is 27.1 Å². The Morgan fingerprint density at radius 2 is 1.61 bits per heavy atom. The van der Waals surface area contributed by atoms with Crippen LogP contribution in [0, 0.1) is 0 Å². The van der Waals surface area contributed by atoms with Crippen LogP contribution in [0.1, 0.15) is 10.4 Å². The molecule has 0 unspecified atom stereocenters. The summed E-state index contributed by atoms with van der Waals surface area (Å²) < 4.78 is 19.2. The first-order valence-corrected chi connectivity index (χ1v) is 12.5. The van der Waals surface area contributed by atoms with Crippen molar-refractivity contribution in [1.82, 2.24) is 14.8 Å². The number of para-hydroxylation sites is 1. The van der Waals surface area contributed by atoms with Gasteiger partial charge in [0.2, 0.25) is 5.75 Å². The summed E-state index contributed by atoms with van der Waals surface area (Å²) in [5, 5.41) is 9.86. The first-order chi connectivity index (χ1) is 17.0. The van der Waals surface area contributed by atoms with Crippen molar-refractivity contribution in [3.8, 4) is 34.3 Å². The lowest BCUT2D eigenvalue weighted by molar-refractivity contribution is 0.102. The molecule has 11 heteroatoms. The molecule has 36 heavy (non-hydrogen) atoms. The van der Waals surface area contributed by atoms with Crippen LogP contribution in [0.5, 0.6) is 17.2 Å². The molecule has 0 aliphatic rings. The highest BCUT2D eigenvalue weighted by atomic mass is 79.9. The second-order valence-electron chi connectivity index (χ2n) is 7.23. The topological polar surface area (TPSA) is 75.5 Å². The summed E-state index contributed by atoms with van der Waals surface area (Å²) in [6, 6.07) is 18.2. The molecule has 4 rings (SSSR count). The van der Waals surface area contributed by atoms with E-state index in [4.69, 9.17) is 25.8 Å². The van der Waals surface area contributed by atoms with E-state index in [0.29, 0.717) is 50.1 Å². The molecule has 3 aromatic carbocycles. The largest absolute Gasteiger partial charge is 0.493 e. The molecule has 0 radical (unpaired) electrons. The van der Waals surface area contributed by atoms with Gasteiger partial charge in [-0.05, 0) is 36.4 Å². The Bertz CT molecular complexity index is 1340. The van der Waals surface area contributed by atoms with Crippen LogP contribution in [-0.4, -0.2) is 47.6 Å². The number of nitrogens with zero attached hydrogens (tertiary/aromatic N) is 3. The van der Waals surface area contributed by atoms with Crippen LogP contribution in [0.25, 0.3) is 17.1 Å². The molecular weight excluding hydrogens is 634 g/mol. The maximum atomic E-state index is 12.8. The molecule has 1 heterocycles. The van der Waals surface area contributed by atoms with E-state index >= 15 is 0 Å². The first-order valence-electron chi connectivity index (χ1n) is 10.4. The summed E-state index contributed by atoms with van der Waals surface area (Å²) in [4.78, 5) is 12.8. The number of methoxy groups -OCH3 is 3. The van der Waals surface area contributed by atoms with E-state index < -0.39 is 0 Å². The summed E-state index contributed by atoms with van der Waals surface area (Å²) in [6.45, 7) is 0. The zero-order valence-electron chi connectivity index (χ0n) is 19.5. The van der Waals surface area contributed by atoms with E-state index in [0.717, 1.165) is 4.47 Å². The Kier molecular flexibility index (Phi) is 9.84. The normalized spacial score (nSPS) is 10.5. The van der Waals surface area contributed by atoms with E-state index in [2.05, 4.69) is 26.1 Å². The lowest BCUT2D eigenvalue weighted by Gasteiger charge is -2.15. The van der Waals surface area contributed by atoms with E-state index in [1.165, 1.54) is 11.8 Å². The highest BCUT2D eigenvalue weighted by Gasteiger charge is 2.22. The van der Waals surface area contributed by atoms with Crippen molar-refractivity contribution in [2.45, 2.75) is 5.16 Å². The van der Waals surface area contributed by atoms with Gasteiger partial charge in [0, 0.05) is 15.6 Å². The highest BCUT2D eigenvalue weighted by Crippen LogP contribution is 2.42. The minimum atomic E-state index is -0.0226. The van der Waals surface area contributed by atoms with Crippen molar-refractivity contribution in [2.24, 2.45) is 0 Å². The zero-order chi connectivity index (χ0) is 24.9. The fourth-order valence-corrected chi connectivity index (χ4v) is 4.78. The molecule has 0 amide bonds. The Balaban J connectivity index is 0.00000361. The summed E-state index contributed by atoms with van der Waals surface area (Å²) in [6.07, 6.45) is 0. The molecule has 188 valence electrons. The van der Waals surface area contributed by atoms with Gasteiger partial charge < -0.3 is 14.2 Å². The predicted molar refractivity (Wildman–Crippen MR) is 151 cm³/mol. The number of hydrogen-bond acceptors (Lipinski definition) is 7. The average Bonchev–Trinajstić information content (AvgIpc) is 3.30. The smallest absolute Gasteiger partial charge is 0.203 e. The fourth-order valence-electron chi connectivity index (χ4n) is 3.46. The molecule has 0 bridgehead atoms. The van der Waals surface area contributed by atoms with Crippen LogP contribution < -0.4 is 14.2 Å². The average molecular weight is 656 g/mol. The Labute approximate surface area is 237 Å². The van der Waals surface area contributed by atoms with Gasteiger partial charge in [0.25, 0.3) is 0 Å². The third-order valence-electron chi connectivity index (χ3n) is 5.15. The Morgan fingerprint density at radius 1 is 0.972 bits per heavy atom. The molecule has 0 saturated carbocycles. The Morgan fingerprint density at radius 3 is 2.19 bits per heavy atom. The van der Waals surface area contributed by atoms with Gasteiger partial charge in [-0.2, -0.15) is 0 Å². The maximum Gasteiger partial charge on any atom is 0.203 e. The van der Waals surface area contributed by atoms with Crippen molar-refractivity contribution < 1.29 is 19.0 Å². The van der Waals surface area contributed by atoms with Gasteiger partial charge in [0.1, 0.15) is 0 Å². The summed E-state index contributed by atoms with van der Waals surface area (Å²) >= 11 is 11.2. The standard InChI is InChI=1S/C25H21BrClN3O4S.BrH/c1-32-21-12-16(13-22(33-2)23(21)34-3)24-28-29-25(30(24)19-7-5-4-6-18(19)27)35-14-20(31)15-8-10-17(26)11-9-15;/h4-13H,14H2,1-3H3;1H. The van der Waals surface area contributed by atoms with Crippen LogP contribution in [-0.2, 0) is 0 Å². The van der Waals surface area contributed by atoms with Crippen molar-refractivity contribution >= 4 is 62.1 Å². The van der Waals surface area contributed by atoms with Crippen LogP contribution in [0.4, 0.5) is 0 Å². The van der Waals surface area contributed by atoms with E-state index in [1.807, 2.05) is 34.9 Å². The number of ketones is 1. The van der Waals surface area contributed by atoms with Crippen LogP contribution in [0.2, 0.25) is 5.02 Å². The SMILES string of the molecule is Br.COc1cc(-c2nnc(SCC(=O)c3ccc(Br)cc3)n2-c2ccccc2Cl)cc(OC)c1OC. The summed E-state index contributed by atoms with van der Waals surface area (Å²) in [5.74, 6) is 2.10. The molecular formula is C25H22Br2ClN3O4S. The second-order valence-corrected chi connectivity index (χ2v) is 9.49. The molecule has 0 fully saturated rings. The molecule has 1 aromatic heterocycles.